The van der Waals surface area contributed by atoms with Crippen molar-refractivity contribution >= 4 is 11.7 Å². The van der Waals surface area contributed by atoms with Crippen molar-refractivity contribution in [1.82, 2.24) is 15.2 Å². The summed E-state index contributed by atoms with van der Waals surface area (Å²) in [4.78, 5) is 20.6. The summed E-state index contributed by atoms with van der Waals surface area (Å²) < 4.78 is 38.4. The monoisotopic (exact) mass is 456 g/mol. The van der Waals surface area contributed by atoms with Crippen LogP contribution in [0.15, 0.2) is 47.0 Å². The number of aryl methyl sites for hydroxylation is 1. The average molecular weight is 456 g/mol. The fraction of sp³-hybridized carbons (Fsp3) is 0.333. The summed E-state index contributed by atoms with van der Waals surface area (Å²) >= 11 is 0. The van der Waals surface area contributed by atoms with Gasteiger partial charge < -0.3 is 24.3 Å². The predicted octanol–water partition coefficient (Wildman–Crippen LogP) is 4.36. The number of hydrogen-bond acceptors (Lipinski definition) is 5. The Bertz CT molecular complexity index is 1130. The smallest absolute Gasteiger partial charge is 0.317 e. The Kier molecular flexibility index (Phi) is 6.76. The molecule has 0 spiro atoms. The van der Waals surface area contributed by atoms with Crippen LogP contribution in [0.5, 0.6) is 5.75 Å². The lowest BCUT2D eigenvalue weighted by atomic mass is 10.1. The molecule has 1 fully saturated rings. The highest BCUT2D eigenvalue weighted by Gasteiger charge is 2.21. The number of carbonyl (C=O) groups excluding carboxylic acids is 1. The second kappa shape index (κ2) is 9.89. The maximum atomic E-state index is 13.8. The van der Waals surface area contributed by atoms with E-state index in [1.165, 1.54) is 12.1 Å². The first-order valence-corrected chi connectivity index (χ1v) is 10.8. The highest BCUT2D eigenvalue weighted by Crippen LogP contribution is 2.34. The van der Waals surface area contributed by atoms with Crippen molar-refractivity contribution in [3.8, 4) is 17.1 Å². The molecule has 1 aromatic heterocycles. The summed E-state index contributed by atoms with van der Waals surface area (Å²) in [6, 6.07) is 9.53. The number of halogens is 2. The number of carbonyl (C=O) groups is 1. The Morgan fingerprint density at radius 2 is 2.03 bits per heavy atom. The van der Waals surface area contributed by atoms with E-state index in [-0.39, 0.29) is 18.1 Å². The molecular formula is C24H26F2N4O3. The van der Waals surface area contributed by atoms with Crippen LogP contribution < -0.4 is 15.0 Å². The quantitative estimate of drug-likeness (QED) is 0.618. The van der Waals surface area contributed by atoms with E-state index in [1.54, 1.807) is 25.1 Å². The lowest BCUT2D eigenvalue weighted by Crippen LogP contribution is -2.41. The molecule has 2 heterocycles. The fourth-order valence-electron chi connectivity index (χ4n) is 3.91. The van der Waals surface area contributed by atoms with Crippen LogP contribution in [-0.2, 0) is 6.54 Å². The zero-order valence-corrected chi connectivity index (χ0v) is 18.6. The minimum absolute atomic E-state index is 0.0671. The maximum absolute atomic E-state index is 13.8. The zero-order valence-electron chi connectivity index (χ0n) is 18.6. The topological polar surface area (TPSA) is 70.8 Å². The molecule has 0 bridgehead atoms. The van der Waals surface area contributed by atoms with Crippen molar-refractivity contribution in [3.63, 3.8) is 0 Å². The van der Waals surface area contributed by atoms with Gasteiger partial charge in [-0.25, -0.2) is 18.6 Å². The van der Waals surface area contributed by atoms with Crippen molar-refractivity contribution in [1.29, 1.82) is 0 Å². The number of nitrogens with zero attached hydrogens (tertiary/aromatic N) is 3. The van der Waals surface area contributed by atoms with Gasteiger partial charge in [0, 0.05) is 57.0 Å². The predicted molar refractivity (Wildman–Crippen MR) is 120 cm³/mol. The number of nitrogens with one attached hydrogen (secondary N) is 1. The molecule has 1 aliphatic heterocycles. The minimum Gasteiger partial charge on any atom is -0.496 e. The van der Waals surface area contributed by atoms with E-state index >= 15 is 0 Å². The van der Waals surface area contributed by atoms with E-state index in [0.717, 1.165) is 30.3 Å². The Morgan fingerprint density at radius 3 is 2.79 bits per heavy atom. The van der Waals surface area contributed by atoms with Gasteiger partial charge in [0.15, 0.2) is 23.3 Å². The first kappa shape index (κ1) is 22.6. The maximum Gasteiger partial charge on any atom is 0.317 e. The Morgan fingerprint density at radius 1 is 1.18 bits per heavy atom. The third-order valence-electron chi connectivity index (χ3n) is 5.68. The number of benzene rings is 2. The second-order valence-corrected chi connectivity index (χ2v) is 7.83. The first-order valence-electron chi connectivity index (χ1n) is 10.8. The first-order chi connectivity index (χ1) is 16.0. The summed E-state index contributed by atoms with van der Waals surface area (Å²) in [5.74, 6) is 0.0518. The van der Waals surface area contributed by atoms with Crippen molar-refractivity contribution in [2.75, 3.05) is 38.2 Å². The molecule has 0 aliphatic carbocycles. The van der Waals surface area contributed by atoms with Gasteiger partial charge >= 0.3 is 6.03 Å². The highest BCUT2D eigenvalue weighted by atomic mass is 19.2. The van der Waals surface area contributed by atoms with Crippen LogP contribution in [0, 0.1) is 18.6 Å². The molecule has 4 rings (SSSR count). The third kappa shape index (κ3) is 5.08. The summed E-state index contributed by atoms with van der Waals surface area (Å²) in [5.41, 5.74) is 1.92. The van der Waals surface area contributed by atoms with Gasteiger partial charge in [0.05, 0.1) is 18.9 Å². The third-order valence-corrected chi connectivity index (χ3v) is 5.68. The molecule has 2 amide bonds. The average Bonchev–Trinajstić information content (AvgIpc) is 3.10. The number of anilines is 1. The highest BCUT2D eigenvalue weighted by molar-refractivity contribution is 5.74. The summed E-state index contributed by atoms with van der Waals surface area (Å²) in [7, 11) is 1.61. The Hall–Kier alpha value is -3.62. The van der Waals surface area contributed by atoms with Gasteiger partial charge in [-0.05, 0) is 24.6 Å². The number of amides is 2. The largest absolute Gasteiger partial charge is 0.496 e. The number of oxazole rings is 1. The van der Waals surface area contributed by atoms with Crippen molar-refractivity contribution < 1.29 is 22.7 Å². The molecule has 0 atom stereocenters. The Balaban J connectivity index is 1.39. The van der Waals surface area contributed by atoms with E-state index in [0.29, 0.717) is 37.0 Å². The lowest BCUT2D eigenvalue weighted by Gasteiger charge is -2.24. The SMILES string of the molecule is COc1cc(N2CCCN(C(=O)NCc3cccc(F)c3F)CC2)ccc1-c1cnc(C)o1. The van der Waals surface area contributed by atoms with Crippen LogP contribution in [0.1, 0.15) is 17.9 Å². The molecule has 0 saturated carbocycles. The molecule has 0 radical (unpaired) electrons. The van der Waals surface area contributed by atoms with Gasteiger partial charge in [-0.15, -0.1) is 0 Å². The van der Waals surface area contributed by atoms with Crippen molar-refractivity contribution in [2.45, 2.75) is 19.9 Å². The van der Waals surface area contributed by atoms with E-state index < -0.39 is 11.6 Å². The molecule has 7 nitrogen and oxygen atoms in total. The zero-order chi connectivity index (χ0) is 23.4. The van der Waals surface area contributed by atoms with Gasteiger partial charge in [0.2, 0.25) is 0 Å². The van der Waals surface area contributed by atoms with E-state index in [2.05, 4.69) is 15.2 Å². The van der Waals surface area contributed by atoms with Crippen LogP contribution in [0.25, 0.3) is 11.3 Å². The molecule has 2 aromatic carbocycles. The molecule has 9 heteroatoms. The van der Waals surface area contributed by atoms with Crippen LogP contribution >= 0.6 is 0 Å². The molecule has 1 N–H and O–H groups in total. The van der Waals surface area contributed by atoms with Gasteiger partial charge in [-0.1, -0.05) is 12.1 Å². The van der Waals surface area contributed by atoms with Gasteiger partial charge in [-0.2, -0.15) is 0 Å². The van der Waals surface area contributed by atoms with Crippen molar-refractivity contribution in [3.05, 3.63) is 65.7 Å². The van der Waals surface area contributed by atoms with Crippen LogP contribution in [0.2, 0.25) is 0 Å². The number of urea groups is 1. The summed E-state index contributed by atoms with van der Waals surface area (Å²) in [5, 5.41) is 2.69. The van der Waals surface area contributed by atoms with Crippen LogP contribution in [-0.4, -0.2) is 49.2 Å². The van der Waals surface area contributed by atoms with Crippen molar-refractivity contribution in [2.24, 2.45) is 0 Å². The summed E-state index contributed by atoms with van der Waals surface area (Å²) in [6.45, 7) is 4.20. The molecule has 1 saturated heterocycles. The number of aromatic nitrogens is 1. The lowest BCUT2D eigenvalue weighted by molar-refractivity contribution is 0.201. The van der Waals surface area contributed by atoms with E-state index in [1.807, 2.05) is 18.2 Å². The molecule has 0 unspecified atom stereocenters. The number of ether oxygens (including phenoxy) is 1. The van der Waals surface area contributed by atoms with E-state index in [4.69, 9.17) is 9.15 Å². The molecule has 174 valence electrons. The molecule has 1 aliphatic rings. The standard InChI is InChI=1S/C24H26F2N4O3/c1-16-27-15-22(33-16)19-8-7-18(13-21(19)32-2)29-9-4-10-30(12-11-29)24(31)28-14-17-5-3-6-20(25)23(17)26/h3,5-8,13,15H,4,9-12,14H2,1-2H3,(H,28,31). The number of rotatable bonds is 5. The van der Waals surface area contributed by atoms with Crippen LogP contribution in [0.3, 0.4) is 0 Å². The van der Waals surface area contributed by atoms with Gasteiger partial charge in [-0.3, -0.25) is 0 Å². The van der Waals surface area contributed by atoms with Gasteiger partial charge in [0.25, 0.3) is 0 Å². The summed E-state index contributed by atoms with van der Waals surface area (Å²) in [6.07, 6.45) is 2.44. The molecular weight excluding hydrogens is 430 g/mol. The van der Waals surface area contributed by atoms with Crippen LogP contribution in [0.4, 0.5) is 19.3 Å². The van der Waals surface area contributed by atoms with Gasteiger partial charge in [0.1, 0.15) is 5.75 Å². The normalized spacial score (nSPS) is 14.2. The fourth-order valence-corrected chi connectivity index (χ4v) is 3.91. The number of methoxy groups -OCH3 is 1. The second-order valence-electron chi connectivity index (χ2n) is 7.83. The number of hydrogen-bond donors (Lipinski definition) is 1. The Labute approximate surface area is 191 Å². The molecule has 3 aromatic rings. The van der Waals surface area contributed by atoms with E-state index in [9.17, 15) is 13.6 Å². The molecule has 33 heavy (non-hydrogen) atoms. The minimum atomic E-state index is -0.933.